The van der Waals surface area contributed by atoms with Crippen molar-refractivity contribution in [3.63, 3.8) is 0 Å². The smallest absolute Gasteiger partial charge is 0.240 e. The van der Waals surface area contributed by atoms with Crippen molar-refractivity contribution < 1.29 is 8.91 Å². The van der Waals surface area contributed by atoms with E-state index in [0.717, 1.165) is 5.03 Å². The van der Waals surface area contributed by atoms with Gasteiger partial charge in [0.25, 0.3) is 0 Å². The monoisotopic (exact) mass is 349 g/mol. The summed E-state index contributed by atoms with van der Waals surface area (Å²) in [6.07, 6.45) is 1.59. The quantitative estimate of drug-likeness (QED) is 0.614. The Morgan fingerprint density at radius 3 is 2.78 bits per heavy atom. The number of hydrogen-bond acceptors (Lipinski definition) is 5. The van der Waals surface area contributed by atoms with Crippen LogP contribution in [0.15, 0.2) is 46.1 Å². The fourth-order valence-corrected chi connectivity index (χ4v) is 2.84. The van der Waals surface area contributed by atoms with Gasteiger partial charge in [-0.1, -0.05) is 40.7 Å². The number of aromatic nitrogens is 3. The predicted molar refractivity (Wildman–Crippen MR) is 87.9 cm³/mol. The molecule has 1 atom stereocenters. The van der Waals surface area contributed by atoms with E-state index in [1.165, 1.54) is 17.8 Å². The molecule has 2 heterocycles. The average Bonchev–Trinajstić information content (AvgIpc) is 3.02. The minimum atomic E-state index is -0.290. The molecule has 0 aliphatic heterocycles. The highest BCUT2D eigenvalue weighted by molar-refractivity contribution is 7.99. The SMILES string of the molecule is Cc1ccc(-c2noc(C(C)Sc3ccc(Cl)cn3)n2)cc1F. The Labute approximate surface area is 142 Å². The first-order chi connectivity index (χ1) is 11.0. The first-order valence-electron chi connectivity index (χ1n) is 6.91. The van der Waals surface area contributed by atoms with Crippen molar-refractivity contribution in [3.8, 4) is 11.4 Å². The van der Waals surface area contributed by atoms with Crippen LogP contribution in [0.2, 0.25) is 5.02 Å². The van der Waals surface area contributed by atoms with Gasteiger partial charge in [0.2, 0.25) is 11.7 Å². The minimum Gasteiger partial charge on any atom is -0.338 e. The number of nitrogens with zero attached hydrogens (tertiary/aromatic N) is 3. The molecule has 0 spiro atoms. The summed E-state index contributed by atoms with van der Waals surface area (Å²) in [6, 6.07) is 8.47. The maximum atomic E-state index is 13.6. The van der Waals surface area contributed by atoms with Gasteiger partial charge in [-0.25, -0.2) is 9.37 Å². The standard InChI is InChI=1S/C16H13ClFN3OS/c1-9-3-4-11(7-13(9)18)15-20-16(22-21-15)10(2)23-14-6-5-12(17)8-19-14/h3-8,10H,1-2H3. The normalized spacial score (nSPS) is 12.3. The summed E-state index contributed by atoms with van der Waals surface area (Å²) in [5, 5.41) is 5.24. The zero-order valence-electron chi connectivity index (χ0n) is 12.5. The zero-order chi connectivity index (χ0) is 16.4. The largest absolute Gasteiger partial charge is 0.338 e. The van der Waals surface area contributed by atoms with E-state index < -0.39 is 0 Å². The lowest BCUT2D eigenvalue weighted by Gasteiger charge is -2.05. The summed E-state index contributed by atoms with van der Waals surface area (Å²) < 4.78 is 18.9. The highest BCUT2D eigenvalue weighted by Gasteiger charge is 2.17. The van der Waals surface area contributed by atoms with Crippen LogP contribution in [0.1, 0.15) is 23.6 Å². The van der Waals surface area contributed by atoms with Gasteiger partial charge in [-0.15, -0.1) is 0 Å². The van der Waals surface area contributed by atoms with Crippen molar-refractivity contribution in [2.24, 2.45) is 0 Å². The summed E-state index contributed by atoms with van der Waals surface area (Å²) in [5.41, 5.74) is 1.17. The van der Waals surface area contributed by atoms with E-state index in [9.17, 15) is 4.39 Å². The van der Waals surface area contributed by atoms with E-state index in [1.807, 2.05) is 13.0 Å². The maximum Gasteiger partial charge on any atom is 0.240 e. The highest BCUT2D eigenvalue weighted by atomic mass is 35.5. The Morgan fingerprint density at radius 2 is 2.09 bits per heavy atom. The fourth-order valence-electron chi connectivity index (χ4n) is 1.91. The van der Waals surface area contributed by atoms with Crippen molar-refractivity contribution >= 4 is 23.4 Å². The molecule has 0 fully saturated rings. The van der Waals surface area contributed by atoms with Crippen molar-refractivity contribution in [2.75, 3.05) is 0 Å². The second-order valence-corrected chi connectivity index (χ2v) is 6.79. The summed E-state index contributed by atoms with van der Waals surface area (Å²) in [4.78, 5) is 8.57. The number of pyridine rings is 1. The zero-order valence-corrected chi connectivity index (χ0v) is 14.0. The molecular formula is C16H13ClFN3OS. The molecule has 0 aliphatic carbocycles. The van der Waals surface area contributed by atoms with Crippen LogP contribution in [-0.2, 0) is 0 Å². The van der Waals surface area contributed by atoms with Crippen molar-refractivity contribution in [1.82, 2.24) is 15.1 Å². The van der Waals surface area contributed by atoms with Crippen molar-refractivity contribution in [2.45, 2.75) is 24.1 Å². The Balaban J connectivity index is 1.77. The number of benzene rings is 1. The molecule has 2 aromatic heterocycles. The summed E-state index contributed by atoms with van der Waals surface area (Å²) in [6.45, 7) is 3.65. The third kappa shape index (κ3) is 3.71. The van der Waals surface area contributed by atoms with Crippen molar-refractivity contribution in [1.29, 1.82) is 0 Å². The molecule has 0 radical (unpaired) electrons. The first kappa shape index (κ1) is 16.0. The molecule has 0 aliphatic rings. The van der Waals surface area contributed by atoms with Gasteiger partial charge in [0.05, 0.1) is 15.3 Å². The maximum absolute atomic E-state index is 13.6. The molecule has 0 bridgehead atoms. The molecule has 118 valence electrons. The predicted octanol–water partition coefficient (Wildman–Crippen LogP) is 5.09. The Morgan fingerprint density at radius 1 is 1.26 bits per heavy atom. The molecule has 4 nitrogen and oxygen atoms in total. The third-order valence-corrected chi connectivity index (χ3v) is 4.48. The van der Waals surface area contributed by atoms with Gasteiger partial charge in [0, 0.05) is 11.8 Å². The molecule has 0 amide bonds. The summed E-state index contributed by atoms with van der Waals surface area (Å²) in [7, 11) is 0. The Hall–Kier alpha value is -1.92. The lowest BCUT2D eigenvalue weighted by Crippen LogP contribution is -1.91. The number of aryl methyl sites for hydroxylation is 1. The minimum absolute atomic E-state index is 0.0831. The summed E-state index contributed by atoms with van der Waals surface area (Å²) in [5.74, 6) is 0.541. The molecule has 3 rings (SSSR count). The van der Waals surface area contributed by atoms with Gasteiger partial charge in [-0.2, -0.15) is 4.98 Å². The molecule has 1 unspecified atom stereocenters. The number of halogens is 2. The fraction of sp³-hybridized carbons (Fsp3) is 0.188. The van der Waals surface area contributed by atoms with E-state index >= 15 is 0 Å². The molecule has 3 aromatic rings. The highest BCUT2D eigenvalue weighted by Crippen LogP contribution is 2.33. The number of hydrogen-bond donors (Lipinski definition) is 0. The van der Waals surface area contributed by atoms with Crippen LogP contribution in [-0.4, -0.2) is 15.1 Å². The van der Waals surface area contributed by atoms with Gasteiger partial charge in [-0.05, 0) is 37.6 Å². The first-order valence-corrected chi connectivity index (χ1v) is 8.17. The second kappa shape index (κ2) is 6.68. The van der Waals surface area contributed by atoms with Crippen LogP contribution in [0.4, 0.5) is 4.39 Å². The molecule has 0 saturated carbocycles. The van der Waals surface area contributed by atoms with E-state index in [4.69, 9.17) is 16.1 Å². The van der Waals surface area contributed by atoms with E-state index in [0.29, 0.717) is 27.9 Å². The average molecular weight is 350 g/mol. The lowest BCUT2D eigenvalue weighted by atomic mass is 10.1. The van der Waals surface area contributed by atoms with Gasteiger partial charge in [0.1, 0.15) is 5.82 Å². The van der Waals surface area contributed by atoms with Crippen LogP contribution in [0.25, 0.3) is 11.4 Å². The van der Waals surface area contributed by atoms with Gasteiger partial charge >= 0.3 is 0 Å². The van der Waals surface area contributed by atoms with Crippen LogP contribution < -0.4 is 0 Å². The lowest BCUT2D eigenvalue weighted by molar-refractivity contribution is 0.380. The van der Waals surface area contributed by atoms with Crippen molar-refractivity contribution in [3.05, 3.63) is 58.8 Å². The Bertz CT molecular complexity index is 822. The number of rotatable bonds is 4. The molecule has 23 heavy (non-hydrogen) atoms. The second-order valence-electron chi connectivity index (χ2n) is 4.99. The van der Waals surface area contributed by atoms with E-state index in [-0.39, 0.29) is 11.1 Å². The molecule has 0 saturated heterocycles. The summed E-state index contributed by atoms with van der Waals surface area (Å²) >= 11 is 7.30. The topological polar surface area (TPSA) is 51.8 Å². The van der Waals surface area contributed by atoms with E-state index in [1.54, 1.807) is 31.3 Å². The molecule has 7 heteroatoms. The molecule has 1 aromatic carbocycles. The van der Waals surface area contributed by atoms with Gasteiger partial charge in [-0.3, -0.25) is 0 Å². The van der Waals surface area contributed by atoms with Crippen LogP contribution in [0.3, 0.4) is 0 Å². The van der Waals surface area contributed by atoms with E-state index in [2.05, 4.69) is 15.1 Å². The van der Waals surface area contributed by atoms with Gasteiger partial charge < -0.3 is 4.52 Å². The van der Waals surface area contributed by atoms with Gasteiger partial charge in [0.15, 0.2) is 0 Å². The van der Waals surface area contributed by atoms with Crippen LogP contribution in [0.5, 0.6) is 0 Å². The third-order valence-electron chi connectivity index (χ3n) is 3.22. The Kier molecular flexibility index (Phi) is 4.63. The van der Waals surface area contributed by atoms with Crippen LogP contribution >= 0.6 is 23.4 Å². The molecular weight excluding hydrogens is 337 g/mol. The number of thioether (sulfide) groups is 1. The van der Waals surface area contributed by atoms with Crippen LogP contribution in [0, 0.1) is 12.7 Å². The molecule has 0 N–H and O–H groups in total.